The van der Waals surface area contributed by atoms with E-state index in [1.165, 1.54) is 24.0 Å². The molecule has 8 nitrogen and oxygen atoms in total. The number of nitrogens with one attached hydrogen (secondary N) is 1. The number of pyridine rings is 1. The smallest absolute Gasteiger partial charge is 0.407 e. The van der Waals surface area contributed by atoms with E-state index in [2.05, 4.69) is 15.2 Å². The van der Waals surface area contributed by atoms with Gasteiger partial charge in [0.1, 0.15) is 0 Å². The molecule has 1 saturated carbocycles. The van der Waals surface area contributed by atoms with Crippen LogP contribution >= 0.6 is 11.6 Å². The molecule has 0 atom stereocenters. The zero-order chi connectivity index (χ0) is 27.7. The number of hydrogen-bond donors (Lipinski definition) is 3. The number of phenolic OH excluding ortho intramolecular Hbond substituents is 1. The van der Waals surface area contributed by atoms with Crippen molar-refractivity contribution in [2.45, 2.75) is 38.6 Å². The van der Waals surface area contributed by atoms with Crippen LogP contribution in [0, 0.1) is 11.7 Å². The van der Waals surface area contributed by atoms with Gasteiger partial charge in [-0.3, -0.25) is 14.7 Å². The monoisotopic (exact) mass is 554 g/mol. The summed E-state index contributed by atoms with van der Waals surface area (Å²) in [5.74, 6) is -0.916. The van der Waals surface area contributed by atoms with Gasteiger partial charge < -0.3 is 20.4 Å². The number of Topliss-reactive ketones (excluding diaryl/α,β-unsaturated/α-hetero) is 1. The number of halogens is 2. The second-order valence-electron chi connectivity index (χ2n) is 10.6. The van der Waals surface area contributed by atoms with E-state index < -0.39 is 17.7 Å². The molecule has 1 aliphatic heterocycles. The lowest BCUT2D eigenvalue weighted by molar-refractivity contribution is 0.0936. The van der Waals surface area contributed by atoms with Gasteiger partial charge in [-0.2, -0.15) is 0 Å². The standard InChI is InChI=1S/C29H32ClFN4O4/c1-17(36)23-15-32-26-7-4-19(20-13-24(30)28(37)25(31)14-20)12-22(26)27(23)33-21-5-2-18(3-6-21)16-34-8-10-35(11-9-34)29(38)39/h4,7,12-15,18,21,37H,2-3,5-6,8-11,16H2,1H3,(H,32,33)(H,38,39). The lowest BCUT2D eigenvalue weighted by Crippen LogP contribution is -2.49. The number of hydrogen-bond acceptors (Lipinski definition) is 6. The molecule has 2 aromatic carbocycles. The minimum Gasteiger partial charge on any atom is -0.504 e. The quantitative estimate of drug-likeness (QED) is 0.327. The molecule has 1 aliphatic carbocycles. The number of ketones is 1. The number of phenols is 1. The summed E-state index contributed by atoms with van der Waals surface area (Å²) in [5.41, 5.74) is 3.16. The second kappa shape index (κ2) is 11.4. The second-order valence-corrected chi connectivity index (χ2v) is 11.0. The first kappa shape index (κ1) is 27.1. The first-order valence-corrected chi connectivity index (χ1v) is 13.7. The van der Waals surface area contributed by atoms with Crippen LogP contribution in [0.2, 0.25) is 5.02 Å². The van der Waals surface area contributed by atoms with Crippen LogP contribution in [0.3, 0.4) is 0 Å². The molecule has 3 aromatic rings. The third kappa shape index (κ3) is 5.94. The Morgan fingerprint density at radius 1 is 1.08 bits per heavy atom. The third-order valence-electron chi connectivity index (χ3n) is 7.95. The van der Waals surface area contributed by atoms with E-state index in [1.54, 1.807) is 6.20 Å². The summed E-state index contributed by atoms with van der Waals surface area (Å²) in [6.45, 7) is 5.16. The van der Waals surface area contributed by atoms with Gasteiger partial charge in [0.25, 0.3) is 0 Å². The third-order valence-corrected chi connectivity index (χ3v) is 8.24. The largest absolute Gasteiger partial charge is 0.504 e. The van der Waals surface area contributed by atoms with Gasteiger partial charge in [-0.15, -0.1) is 0 Å². The average Bonchev–Trinajstić information content (AvgIpc) is 2.92. The first-order chi connectivity index (χ1) is 18.7. The highest BCUT2D eigenvalue weighted by atomic mass is 35.5. The molecule has 0 unspecified atom stereocenters. The van der Waals surface area contributed by atoms with E-state index >= 15 is 0 Å². The Kier molecular flexibility index (Phi) is 7.91. The maximum absolute atomic E-state index is 14.2. The summed E-state index contributed by atoms with van der Waals surface area (Å²) in [6.07, 6.45) is 4.77. The van der Waals surface area contributed by atoms with Gasteiger partial charge >= 0.3 is 6.09 Å². The Labute approximate surface area is 231 Å². The Morgan fingerprint density at radius 3 is 2.44 bits per heavy atom. The van der Waals surface area contributed by atoms with E-state index in [1.807, 2.05) is 18.2 Å². The zero-order valence-corrected chi connectivity index (χ0v) is 22.5. The van der Waals surface area contributed by atoms with Crippen molar-refractivity contribution in [3.05, 3.63) is 52.9 Å². The van der Waals surface area contributed by atoms with Crippen LogP contribution in [0.15, 0.2) is 36.5 Å². The molecule has 1 saturated heterocycles. The predicted molar refractivity (Wildman–Crippen MR) is 149 cm³/mol. The fourth-order valence-corrected chi connectivity index (χ4v) is 5.91. The molecule has 2 heterocycles. The van der Waals surface area contributed by atoms with Gasteiger partial charge in [0, 0.05) is 50.3 Å². The fraction of sp³-hybridized carbons (Fsp3) is 0.414. The van der Waals surface area contributed by atoms with Crippen molar-refractivity contribution in [1.29, 1.82) is 0 Å². The Morgan fingerprint density at radius 2 is 1.79 bits per heavy atom. The summed E-state index contributed by atoms with van der Waals surface area (Å²) in [6, 6.07) is 8.47. The van der Waals surface area contributed by atoms with Crippen LogP contribution in [0.4, 0.5) is 14.9 Å². The number of aromatic hydroxyl groups is 1. The molecule has 1 aromatic heterocycles. The van der Waals surface area contributed by atoms with Gasteiger partial charge in [-0.25, -0.2) is 9.18 Å². The Hall–Kier alpha value is -3.43. The van der Waals surface area contributed by atoms with Crippen LogP contribution in [0.1, 0.15) is 43.0 Å². The molecule has 0 bridgehead atoms. The molecular formula is C29H32ClFN4O4. The molecule has 10 heteroatoms. The molecule has 2 fully saturated rings. The molecule has 206 valence electrons. The number of nitrogens with zero attached hydrogens (tertiary/aromatic N) is 3. The number of amides is 1. The normalized spacial score (nSPS) is 20.2. The number of fused-ring (bicyclic) bond motifs is 1. The molecule has 3 N–H and O–H groups in total. The van der Waals surface area contributed by atoms with E-state index in [-0.39, 0.29) is 16.8 Å². The van der Waals surface area contributed by atoms with Crippen LogP contribution in [-0.2, 0) is 0 Å². The van der Waals surface area contributed by atoms with Gasteiger partial charge in [0.05, 0.1) is 21.8 Å². The van der Waals surface area contributed by atoms with E-state index in [4.69, 9.17) is 16.7 Å². The fourth-order valence-electron chi connectivity index (χ4n) is 5.71. The summed E-state index contributed by atoms with van der Waals surface area (Å²) in [5, 5.41) is 23.2. The highest BCUT2D eigenvalue weighted by Crippen LogP contribution is 2.37. The topological polar surface area (TPSA) is 106 Å². The van der Waals surface area contributed by atoms with Crippen molar-refractivity contribution in [1.82, 2.24) is 14.8 Å². The first-order valence-electron chi connectivity index (χ1n) is 13.3. The van der Waals surface area contributed by atoms with Crippen LogP contribution in [0.5, 0.6) is 5.75 Å². The number of carbonyl (C=O) groups excluding carboxylic acids is 1. The molecular weight excluding hydrogens is 523 g/mol. The van der Waals surface area contributed by atoms with Crippen molar-refractivity contribution < 1.29 is 24.2 Å². The van der Waals surface area contributed by atoms with Crippen LogP contribution < -0.4 is 5.32 Å². The van der Waals surface area contributed by atoms with E-state index in [0.717, 1.165) is 56.4 Å². The summed E-state index contributed by atoms with van der Waals surface area (Å²) in [7, 11) is 0. The van der Waals surface area contributed by atoms with E-state index in [0.29, 0.717) is 41.2 Å². The number of anilines is 1. The lowest BCUT2D eigenvalue weighted by atomic mass is 9.85. The SMILES string of the molecule is CC(=O)c1cnc2ccc(-c3cc(F)c(O)c(Cl)c3)cc2c1NC1CCC(CN2CCN(C(=O)O)CC2)CC1. The van der Waals surface area contributed by atoms with Gasteiger partial charge in [-0.1, -0.05) is 17.7 Å². The molecule has 1 amide bonds. The van der Waals surface area contributed by atoms with Crippen molar-refractivity contribution >= 4 is 40.1 Å². The van der Waals surface area contributed by atoms with Crippen LogP contribution in [0.25, 0.3) is 22.0 Å². The average molecular weight is 555 g/mol. The van der Waals surface area contributed by atoms with Crippen molar-refractivity contribution in [3.63, 3.8) is 0 Å². The summed E-state index contributed by atoms with van der Waals surface area (Å²) >= 11 is 6.02. The van der Waals surface area contributed by atoms with E-state index in [9.17, 15) is 19.1 Å². The molecule has 0 radical (unpaired) electrons. The number of aromatic nitrogens is 1. The van der Waals surface area contributed by atoms with Crippen molar-refractivity contribution in [2.24, 2.45) is 5.92 Å². The molecule has 0 spiro atoms. The summed E-state index contributed by atoms with van der Waals surface area (Å²) in [4.78, 5) is 32.0. The van der Waals surface area contributed by atoms with Gasteiger partial charge in [-0.05, 0) is 73.9 Å². The maximum atomic E-state index is 14.2. The number of benzene rings is 2. The lowest BCUT2D eigenvalue weighted by Gasteiger charge is -2.37. The Bertz CT molecular complexity index is 1380. The number of rotatable bonds is 6. The highest BCUT2D eigenvalue weighted by molar-refractivity contribution is 6.32. The molecule has 5 rings (SSSR count). The number of piperazine rings is 1. The number of carbonyl (C=O) groups is 2. The maximum Gasteiger partial charge on any atom is 0.407 e. The predicted octanol–water partition coefficient (Wildman–Crippen LogP) is 5.87. The zero-order valence-electron chi connectivity index (χ0n) is 21.8. The minimum absolute atomic E-state index is 0.0698. The molecule has 2 aliphatic rings. The van der Waals surface area contributed by atoms with Crippen LogP contribution in [-0.4, -0.2) is 75.6 Å². The number of carboxylic acid groups (broad SMARTS) is 1. The molecule has 39 heavy (non-hydrogen) atoms. The highest BCUT2D eigenvalue weighted by Gasteiger charge is 2.27. The Balaban J connectivity index is 1.32. The van der Waals surface area contributed by atoms with Gasteiger partial charge in [0.15, 0.2) is 17.3 Å². The van der Waals surface area contributed by atoms with Gasteiger partial charge in [0.2, 0.25) is 0 Å². The minimum atomic E-state index is -0.846. The summed E-state index contributed by atoms with van der Waals surface area (Å²) < 4.78 is 14.2. The van der Waals surface area contributed by atoms with Crippen molar-refractivity contribution in [3.8, 4) is 16.9 Å². The van der Waals surface area contributed by atoms with Crippen molar-refractivity contribution in [2.75, 3.05) is 38.0 Å².